The first-order valence-electron chi connectivity index (χ1n) is 3.58. The van der Waals surface area contributed by atoms with Crippen LogP contribution in [0.5, 0.6) is 0 Å². The second kappa shape index (κ2) is 6.85. The largest absolute Gasteiger partial charge is 0.481 e. The van der Waals surface area contributed by atoms with Crippen LogP contribution in [-0.2, 0) is 4.79 Å². The number of rotatable bonds is 6. The summed E-state index contributed by atoms with van der Waals surface area (Å²) in [5, 5.41) is 8.92. The van der Waals surface area contributed by atoms with Gasteiger partial charge in [-0.3, -0.25) is 4.79 Å². The molecule has 0 aromatic carbocycles. The van der Waals surface area contributed by atoms with Crippen molar-refractivity contribution in [3.63, 3.8) is 0 Å². The summed E-state index contributed by atoms with van der Waals surface area (Å²) in [6.07, 6.45) is 4.14. The van der Waals surface area contributed by atoms with Gasteiger partial charge in [0.2, 0.25) is 0 Å². The van der Waals surface area contributed by atoms with Gasteiger partial charge in [0, 0.05) is 11.7 Å². The Morgan fingerprint density at radius 1 is 1.64 bits per heavy atom. The third-order valence-electron chi connectivity index (χ3n) is 1.26. The monoisotopic (exact) mass is 194 g/mol. The van der Waals surface area contributed by atoms with Crippen molar-refractivity contribution >= 4 is 27.6 Å². The topological polar surface area (TPSA) is 37.3 Å². The summed E-state index contributed by atoms with van der Waals surface area (Å²) in [4.78, 5) is 10.1. The zero-order valence-electron chi connectivity index (χ0n) is 6.87. The van der Waals surface area contributed by atoms with E-state index in [-0.39, 0.29) is 0 Å². The van der Waals surface area contributed by atoms with Crippen LogP contribution in [0.1, 0.15) is 26.2 Å². The second-order valence-corrected chi connectivity index (χ2v) is 5.27. The Morgan fingerprint density at radius 2 is 2.27 bits per heavy atom. The molecular formula is C7H14O2S2. The highest BCUT2D eigenvalue weighted by Crippen LogP contribution is 2.26. The van der Waals surface area contributed by atoms with E-state index in [0.29, 0.717) is 11.7 Å². The molecule has 0 aromatic rings. The maximum Gasteiger partial charge on any atom is 0.303 e. The molecule has 2 nitrogen and oxygen atoms in total. The van der Waals surface area contributed by atoms with Crippen molar-refractivity contribution in [1.82, 2.24) is 0 Å². The number of carboxylic acids is 1. The summed E-state index contributed by atoms with van der Waals surface area (Å²) in [6, 6.07) is 0. The SMILES string of the molecule is CSSC(C)CCCC(=O)O. The Balaban J connectivity index is 3.16. The van der Waals surface area contributed by atoms with E-state index in [0.717, 1.165) is 12.8 Å². The average Bonchev–Trinajstić information content (AvgIpc) is 1.87. The van der Waals surface area contributed by atoms with Crippen LogP contribution in [-0.4, -0.2) is 22.6 Å². The molecule has 0 rings (SSSR count). The molecule has 66 valence electrons. The fraction of sp³-hybridized carbons (Fsp3) is 0.857. The lowest BCUT2D eigenvalue weighted by Crippen LogP contribution is -1.98. The maximum atomic E-state index is 10.1. The van der Waals surface area contributed by atoms with Gasteiger partial charge in [-0.05, 0) is 19.1 Å². The van der Waals surface area contributed by atoms with Crippen LogP contribution < -0.4 is 0 Å². The molecule has 0 spiro atoms. The maximum absolute atomic E-state index is 10.1. The van der Waals surface area contributed by atoms with E-state index in [1.165, 1.54) is 0 Å². The van der Waals surface area contributed by atoms with Gasteiger partial charge in [-0.2, -0.15) is 0 Å². The molecule has 4 heteroatoms. The van der Waals surface area contributed by atoms with Gasteiger partial charge in [0.15, 0.2) is 0 Å². The van der Waals surface area contributed by atoms with Gasteiger partial charge in [0.1, 0.15) is 0 Å². The molecular weight excluding hydrogens is 180 g/mol. The van der Waals surface area contributed by atoms with Crippen molar-refractivity contribution in [3.8, 4) is 0 Å². The van der Waals surface area contributed by atoms with Crippen LogP contribution in [0.2, 0.25) is 0 Å². The number of carboxylic acid groups (broad SMARTS) is 1. The summed E-state index contributed by atoms with van der Waals surface area (Å²) < 4.78 is 0. The molecule has 0 bridgehead atoms. The van der Waals surface area contributed by atoms with E-state index in [2.05, 4.69) is 6.92 Å². The third kappa shape index (κ3) is 8.07. The van der Waals surface area contributed by atoms with Gasteiger partial charge >= 0.3 is 5.97 Å². The number of carbonyl (C=O) groups is 1. The molecule has 0 amide bonds. The number of aliphatic carboxylic acids is 1. The molecule has 11 heavy (non-hydrogen) atoms. The molecule has 0 fully saturated rings. The van der Waals surface area contributed by atoms with E-state index >= 15 is 0 Å². The minimum absolute atomic E-state index is 0.305. The number of hydrogen-bond donors (Lipinski definition) is 1. The van der Waals surface area contributed by atoms with Crippen molar-refractivity contribution in [3.05, 3.63) is 0 Å². The van der Waals surface area contributed by atoms with Gasteiger partial charge in [-0.15, -0.1) is 0 Å². The first kappa shape index (κ1) is 11.2. The molecule has 1 N–H and O–H groups in total. The fourth-order valence-electron chi connectivity index (χ4n) is 0.753. The minimum atomic E-state index is -0.689. The zero-order valence-corrected chi connectivity index (χ0v) is 8.50. The van der Waals surface area contributed by atoms with Crippen molar-refractivity contribution in [2.75, 3.05) is 6.26 Å². The van der Waals surface area contributed by atoms with Gasteiger partial charge in [0.05, 0.1) is 0 Å². The predicted molar refractivity (Wildman–Crippen MR) is 52.1 cm³/mol. The molecule has 0 saturated carbocycles. The van der Waals surface area contributed by atoms with Crippen LogP contribution in [0.4, 0.5) is 0 Å². The van der Waals surface area contributed by atoms with Crippen molar-refractivity contribution in [2.24, 2.45) is 0 Å². The van der Waals surface area contributed by atoms with Crippen LogP contribution in [0.25, 0.3) is 0 Å². The molecule has 0 aliphatic heterocycles. The Hall–Kier alpha value is 0.170. The first-order chi connectivity index (χ1) is 5.16. The predicted octanol–water partition coefficient (Wildman–Crippen LogP) is 2.64. The van der Waals surface area contributed by atoms with Crippen LogP contribution in [0.3, 0.4) is 0 Å². The Labute approximate surface area is 75.5 Å². The summed E-state index contributed by atoms with van der Waals surface area (Å²) in [5.74, 6) is -0.689. The van der Waals surface area contributed by atoms with Gasteiger partial charge < -0.3 is 5.11 Å². The second-order valence-electron chi connectivity index (χ2n) is 2.36. The van der Waals surface area contributed by atoms with Crippen molar-refractivity contribution in [2.45, 2.75) is 31.4 Å². The highest BCUT2D eigenvalue weighted by Gasteiger charge is 2.03. The molecule has 0 saturated heterocycles. The highest BCUT2D eigenvalue weighted by atomic mass is 33.1. The van der Waals surface area contributed by atoms with Gasteiger partial charge in [-0.1, -0.05) is 28.5 Å². The van der Waals surface area contributed by atoms with E-state index in [9.17, 15) is 4.79 Å². The highest BCUT2D eigenvalue weighted by molar-refractivity contribution is 8.76. The zero-order chi connectivity index (χ0) is 8.69. The van der Waals surface area contributed by atoms with Gasteiger partial charge in [-0.25, -0.2) is 0 Å². The van der Waals surface area contributed by atoms with Crippen LogP contribution in [0.15, 0.2) is 0 Å². The minimum Gasteiger partial charge on any atom is -0.481 e. The molecule has 1 atom stereocenters. The molecule has 1 unspecified atom stereocenters. The summed E-state index contributed by atoms with van der Waals surface area (Å²) in [6.45, 7) is 2.13. The van der Waals surface area contributed by atoms with Crippen molar-refractivity contribution < 1.29 is 9.90 Å². The van der Waals surface area contributed by atoms with Crippen LogP contribution >= 0.6 is 21.6 Å². The summed E-state index contributed by atoms with van der Waals surface area (Å²) in [5.41, 5.74) is 0. The molecule has 0 radical (unpaired) electrons. The summed E-state index contributed by atoms with van der Waals surface area (Å²) >= 11 is 0. The Kier molecular flexibility index (Phi) is 6.96. The average molecular weight is 194 g/mol. The number of hydrogen-bond acceptors (Lipinski definition) is 3. The Bertz CT molecular complexity index is 117. The van der Waals surface area contributed by atoms with E-state index in [1.54, 1.807) is 21.6 Å². The molecule has 0 aliphatic carbocycles. The standard InChI is InChI=1S/C7H14O2S2/c1-6(11-10-2)4-3-5-7(8)9/h6H,3-5H2,1-2H3,(H,8,9). The lowest BCUT2D eigenvalue weighted by molar-refractivity contribution is -0.137. The summed E-state index contributed by atoms with van der Waals surface area (Å²) in [7, 11) is 3.54. The van der Waals surface area contributed by atoms with Crippen LogP contribution in [0, 0.1) is 0 Å². The molecule has 0 heterocycles. The van der Waals surface area contributed by atoms with Gasteiger partial charge in [0.25, 0.3) is 0 Å². The van der Waals surface area contributed by atoms with E-state index in [4.69, 9.17) is 5.11 Å². The lowest BCUT2D eigenvalue weighted by Gasteiger charge is -2.06. The normalized spacial score (nSPS) is 12.9. The molecule has 0 aliphatic rings. The van der Waals surface area contributed by atoms with E-state index < -0.39 is 5.97 Å². The van der Waals surface area contributed by atoms with Crippen molar-refractivity contribution in [1.29, 1.82) is 0 Å². The first-order valence-corrected chi connectivity index (χ1v) is 6.20. The molecule has 0 aromatic heterocycles. The van der Waals surface area contributed by atoms with E-state index in [1.807, 2.05) is 6.26 Å². The quantitative estimate of drug-likeness (QED) is 0.660. The Morgan fingerprint density at radius 3 is 2.73 bits per heavy atom. The smallest absolute Gasteiger partial charge is 0.303 e. The fourth-order valence-corrected chi connectivity index (χ4v) is 2.62. The third-order valence-corrected chi connectivity index (χ3v) is 3.58. The lowest BCUT2D eigenvalue weighted by atomic mass is 10.2.